The fraction of sp³-hybridized carbons (Fsp3) is 0.462. The largest absolute Gasteiger partial charge is 0.225 e. The standard InChI is InChI=1S/C13H15NO2S2/c15-18(16,9-3-4-10-7-8-10)13-14-11-5-1-2-6-12(11)17-13/h1-2,5-6,10H,3-4,7-9H2. The van der Waals surface area contributed by atoms with Crippen LogP contribution in [0.1, 0.15) is 25.7 Å². The first-order chi connectivity index (χ1) is 8.65. The molecule has 0 radical (unpaired) electrons. The van der Waals surface area contributed by atoms with Gasteiger partial charge >= 0.3 is 0 Å². The van der Waals surface area contributed by atoms with Gasteiger partial charge in [-0.1, -0.05) is 25.0 Å². The Labute approximate surface area is 111 Å². The zero-order valence-corrected chi connectivity index (χ0v) is 11.6. The number of para-hydroxylation sites is 1. The second-order valence-corrected chi connectivity index (χ2v) is 8.17. The molecular weight excluding hydrogens is 266 g/mol. The topological polar surface area (TPSA) is 47.0 Å². The lowest BCUT2D eigenvalue weighted by Crippen LogP contribution is -2.06. The Morgan fingerprint density at radius 3 is 2.78 bits per heavy atom. The van der Waals surface area contributed by atoms with E-state index < -0.39 is 9.84 Å². The highest BCUT2D eigenvalue weighted by atomic mass is 32.2. The van der Waals surface area contributed by atoms with Crippen LogP contribution in [0.3, 0.4) is 0 Å². The lowest BCUT2D eigenvalue weighted by Gasteiger charge is -1.99. The van der Waals surface area contributed by atoms with E-state index >= 15 is 0 Å². The first-order valence-corrected chi connectivity index (χ1v) is 8.70. The minimum Gasteiger partial charge on any atom is -0.225 e. The van der Waals surface area contributed by atoms with Crippen LogP contribution in [0.2, 0.25) is 0 Å². The quantitative estimate of drug-likeness (QED) is 0.845. The van der Waals surface area contributed by atoms with Gasteiger partial charge in [0.05, 0.1) is 16.0 Å². The number of aromatic nitrogens is 1. The molecular formula is C13H15NO2S2. The van der Waals surface area contributed by atoms with E-state index in [2.05, 4.69) is 4.98 Å². The normalized spacial score (nSPS) is 16.2. The van der Waals surface area contributed by atoms with Crippen molar-refractivity contribution in [2.24, 2.45) is 5.92 Å². The van der Waals surface area contributed by atoms with Crippen LogP contribution in [0, 0.1) is 5.92 Å². The van der Waals surface area contributed by atoms with Crippen molar-refractivity contribution in [3.63, 3.8) is 0 Å². The van der Waals surface area contributed by atoms with Crippen molar-refractivity contribution in [2.45, 2.75) is 30.0 Å². The SMILES string of the molecule is O=S(=O)(CCCC1CC1)c1nc2ccccc2s1. The Morgan fingerprint density at radius 1 is 1.28 bits per heavy atom. The van der Waals surface area contributed by atoms with Gasteiger partial charge in [0.2, 0.25) is 14.2 Å². The fourth-order valence-corrected chi connectivity index (χ4v) is 4.72. The molecule has 0 bridgehead atoms. The van der Waals surface area contributed by atoms with Crippen LogP contribution in [0.4, 0.5) is 0 Å². The third-order valence-electron chi connectivity index (χ3n) is 3.26. The van der Waals surface area contributed by atoms with Gasteiger partial charge in [0.1, 0.15) is 0 Å². The van der Waals surface area contributed by atoms with Crippen molar-refractivity contribution in [2.75, 3.05) is 5.75 Å². The molecule has 0 saturated heterocycles. The Hall–Kier alpha value is -0.940. The van der Waals surface area contributed by atoms with Crippen molar-refractivity contribution in [1.29, 1.82) is 0 Å². The molecule has 5 heteroatoms. The molecule has 1 aromatic carbocycles. The van der Waals surface area contributed by atoms with Crippen LogP contribution in [0.5, 0.6) is 0 Å². The summed E-state index contributed by atoms with van der Waals surface area (Å²) in [7, 11) is -3.18. The maximum Gasteiger partial charge on any atom is 0.210 e. The minimum absolute atomic E-state index is 0.239. The van der Waals surface area contributed by atoms with E-state index in [1.807, 2.05) is 24.3 Å². The van der Waals surface area contributed by atoms with Gasteiger partial charge in [-0.05, 0) is 30.9 Å². The summed E-state index contributed by atoms with van der Waals surface area (Å²) in [4.78, 5) is 4.23. The summed E-state index contributed by atoms with van der Waals surface area (Å²) in [6.07, 6.45) is 4.37. The predicted octanol–water partition coefficient (Wildman–Crippen LogP) is 3.26. The first kappa shape index (κ1) is 12.1. The van der Waals surface area contributed by atoms with Crippen molar-refractivity contribution in [1.82, 2.24) is 4.98 Å². The highest BCUT2D eigenvalue weighted by molar-refractivity contribution is 7.93. The van der Waals surface area contributed by atoms with Gasteiger partial charge in [0.15, 0.2) is 0 Å². The summed E-state index contributed by atoms with van der Waals surface area (Å²) in [6, 6.07) is 7.56. The lowest BCUT2D eigenvalue weighted by atomic mass is 10.2. The summed E-state index contributed by atoms with van der Waals surface area (Å²) in [5.74, 6) is 1.03. The Kier molecular flexibility index (Phi) is 3.11. The number of hydrogen-bond acceptors (Lipinski definition) is 4. The number of sulfone groups is 1. The molecule has 3 nitrogen and oxygen atoms in total. The second-order valence-electron chi connectivity index (χ2n) is 4.85. The molecule has 1 saturated carbocycles. The van der Waals surface area contributed by atoms with Gasteiger partial charge in [0, 0.05) is 0 Å². The molecule has 0 unspecified atom stereocenters. The third kappa shape index (κ3) is 2.57. The molecule has 1 aromatic heterocycles. The van der Waals surface area contributed by atoms with E-state index in [0.29, 0.717) is 0 Å². The zero-order valence-electron chi connectivity index (χ0n) is 10.0. The third-order valence-corrected chi connectivity index (χ3v) is 6.56. The molecule has 1 fully saturated rings. The van der Waals surface area contributed by atoms with Crippen LogP contribution in [-0.2, 0) is 9.84 Å². The lowest BCUT2D eigenvalue weighted by molar-refractivity contribution is 0.588. The number of fused-ring (bicyclic) bond motifs is 1. The van der Waals surface area contributed by atoms with E-state index in [4.69, 9.17) is 0 Å². The maximum atomic E-state index is 12.2. The van der Waals surface area contributed by atoms with Gasteiger partial charge in [-0.15, -0.1) is 11.3 Å². The number of nitrogens with zero attached hydrogens (tertiary/aromatic N) is 1. The van der Waals surface area contributed by atoms with Crippen LogP contribution in [-0.4, -0.2) is 19.2 Å². The molecule has 0 amide bonds. The summed E-state index contributed by atoms with van der Waals surface area (Å²) >= 11 is 1.28. The van der Waals surface area contributed by atoms with Gasteiger partial charge in [0.25, 0.3) is 0 Å². The van der Waals surface area contributed by atoms with E-state index in [1.54, 1.807) is 0 Å². The number of benzene rings is 1. The Morgan fingerprint density at radius 2 is 2.06 bits per heavy atom. The van der Waals surface area contributed by atoms with Gasteiger partial charge < -0.3 is 0 Å². The average molecular weight is 281 g/mol. The molecule has 18 heavy (non-hydrogen) atoms. The van der Waals surface area contributed by atoms with E-state index in [0.717, 1.165) is 29.0 Å². The van der Waals surface area contributed by atoms with Crippen molar-refractivity contribution < 1.29 is 8.42 Å². The highest BCUT2D eigenvalue weighted by Gasteiger charge is 2.24. The molecule has 1 aliphatic carbocycles. The zero-order chi connectivity index (χ0) is 12.6. The summed E-state index contributed by atoms with van der Waals surface area (Å²) in [5, 5.41) is 0. The van der Waals surface area contributed by atoms with Crippen molar-refractivity contribution >= 4 is 31.4 Å². The number of thiazole rings is 1. The minimum atomic E-state index is -3.18. The van der Waals surface area contributed by atoms with Gasteiger partial charge in [-0.3, -0.25) is 0 Å². The average Bonchev–Trinajstić information content (AvgIpc) is 3.05. The van der Waals surface area contributed by atoms with E-state index in [-0.39, 0.29) is 10.1 Å². The van der Waals surface area contributed by atoms with Crippen LogP contribution in [0.15, 0.2) is 28.6 Å². The Bertz CT molecular complexity index is 623. The first-order valence-electron chi connectivity index (χ1n) is 6.23. The van der Waals surface area contributed by atoms with Gasteiger partial charge in [-0.2, -0.15) is 0 Å². The summed E-state index contributed by atoms with van der Waals surface area (Å²) < 4.78 is 25.5. The summed E-state index contributed by atoms with van der Waals surface area (Å²) in [5.41, 5.74) is 0.781. The van der Waals surface area contributed by atoms with E-state index in [9.17, 15) is 8.42 Å². The smallest absolute Gasteiger partial charge is 0.210 e. The predicted molar refractivity (Wildman–Crippen MR) is 73.6 cm³/mol. The molecule has 1 heterocycles. The molecule has 2 aromatic rings. The maximum absolute atomic E-state index is 12.2. The van der Waals surface area contributed by atoms with Crippen LogP contribution >= 0.6 is 11.3 Å². The fourth-order valence-electron chi connectivity index (χ4n) is 2.04. The molecule has 0 N–H and O–H groups in total. The van der Waals surface area contributed by atoms with Crippen LogP contribution in [0.25, 0.3) is 10.2 Å². The van der Waals surface area contributed by atoms with E-state index in [1.165, 1.54) is 24.2 Å². The summed E-state index contributed by atoms with van der Waals surface area (Å²) in [6.45, 7) is 0. The van der Waals surface area contributed by atoms with Crippen molar-refractivity contribution in [3.05, 3.63) is 24.3 Å². The van der Waals surface area contributed by atoms with Crippen molar-refractivity contribution in [3.8, 4) is 0 Å². The highest BCUT2D eigenvalue weighted by Crippen LogP contribution is 2.34. The molecule has 3 rings (SSSR count). The number of rotatable bonds is 5. The molecule has 0 atom stereocenters. The molecule has 0 aliphatic heterocycles. The molecule has 0 spiro atoms. The second kappa shape index (κ2) is 4.63. The number of hydrogen-bond donors (Lipinski definition) is 0. The molecule has 1 aliphatic rings. The Balaban J connectivity index is 1.78. The van der Waals surface area contributed by atoms with Gasteiger partial charge in [-0.25, -0.2) is 13.4 Å². The monoisotopic (exact) mass is 281 g/mol. The van der Waals surface area contributed by atoms with Crippen LogP contribution < -0.4 is 0 Å². The molecule has 96 valence electrons.